The largest absolute Gasteiger partial charge is 0.740 e. The van der Waals surface area contributed by atoms with Crippen LogP contribution in [0.25, 0.3) is 0 Å². The molecule has 0 radical (unpaired) electrons. The van der Waals surface area contributed by atoms with Crippen LogP contribution in [-0.4, -0.2) is 8.76 Å². The van der Waals surface area contributed by atoms with Gasteiger partial charge in [0.15, 0.2) is 0 Å². The molecule has 1 aromatic rings. The highest BCUT2D eigenvalue weighted by Gasteiger charge is 1.97. The van der Waals surface area contributed by atoms with Crippen molar-refractivity contribution < 1.29 is 12.9 Å². The normalized spacial score (nSPS) is 12.3. The van der Waals surface area contributed by atoms with Crippen molar-refractivity contribution in [3.05, 3.63) is 29.8 Å². The molecule has 3 nitrogen and oxygen atoms in total. The summed E-state index contributed by atoms with van der Waals surface area (Å²) < 4.78 is 25.2. The molecule has 1 unspecified atom stereocenters. The molecule has 0 aliphatic rings. The Bertz CT molecular complexity index is 349. The van der Waals surface area contributed by atoms with Crippen molar-refractivity contribution in [2.75, 3.05) is 0 Å². The van der Waals surface area contributed by atoms with Gasteiger partial charge in [-0.2, -0.15) is 0 Å². The number of unbranched alkanes of at least 4 members (excludes halogenated alkanes) is 5. The van der Waals surface area contributed by atoms with Gasteiger partial charge in [-0.25, -0.2) is 4.21 Å². The van der Waals surface area contributed by atoms with Crippen molar-refractivity contribution in [3.63, 3.8) is 0 Å². The third-order valence-electron chi connectivity index (χ3n) is 2.91. The first-order chi connectivity index (χ1) is 8.72. The Hall–Kier alpha value is -0.870. The average molecular weight is 269 g/mol. The van der Waals surface area contributed by atoms with E-state index >= 15 is 0 Å². The molecule has 4 heteroatoms. The van der Waals surface area contributed by atoms with Gasteiger partial charge in [-0.15, -0.1) is 0 Å². The van der Waals surface area contributed by atoms with Crippen LogP contribution in [0.5, 0.6) is 5.75 Å². The molecule has 18 heavy (non-hydrogen) atoms. The maximum Gasteiger partial charge on any atom is 0.139 e. The van der Waals surface area contributed by atoms with Crippen LogP contribution in [-0.2, 0) is 17.8 Å². The van der Waals surface area contributed by atoms with Gasteiger partial charge in [0.05, 0.1) is 0 Å². The molecular weight excluding hydrogens is 248 g/mol. The van der Waals surface area contributed by atoms with Crippen molar-refractivity contribution >= 4 is 11.4 Å². The van der Waals surface area contributed by atoms with Crippen molar-refractivity contribution in [2.45, 2.75) is 51.9 Å². The van der Waals surface area contributed by atoms with E-state index in [1.54, 1.807) is 12.1 Å². The van der Waals surface area contributed by atoms with E-state index < -0.39 is 11.4 Å². The van der Waals surface area contributed by atoms with Crippen LogP contribution in [0.3, 0.4) is 0 Å². The second kappa shape index (κ2) is 9.11. The highest BCUT2D eigenvalue weighted by Crippen LogP contribution is 2.15. The van der Waals surface area contributed by atoms with E-state index in [9.17, 15) is 8.76 Å². The number of benzene rings is 1. The van der Waals surface area contributed by atoms with E-state index in [1.807, 2.05) is 12.1 Å². The predicted molar refractivity (Wildman–Crippen MR) is 73.1 cm³/mol. The summed E-state index contributed by atoms with van der Waals surface area (Å²) in [5, 5.41) is 0. The molecule has 0 heterocycles. The van der Waals surface area contributed by atoms with Crippen molar-refractivity contribution in [2.24, 2.45) is 0 Å². The van der Waals surface area contributed by atoms with Crippen molar-refractivity contribution in [3.8, 4) is 5.75 Å². The first-order valence-corrected chi connectivity index (χ1v) is 7.59. The smallest absolute Gasteiger partial charge is 0.139 e. The van der Waals surface area contributed by atoms with Gasteiger partial charge in [-0.3, -0.25) is 0 Å². The summed E-state index contributed by atoms with van der Waals surface area (Å²) >= 11 is -2.48. The number of hydrogen-bond donors (Lipinski definition) is 0. The molecule has 0 N–H and O–H groups in total. The van der Waals surface area contributed by atoms with E-state index in [-0.39, 0.29) is 0 Å². The summed E-state index contributed by atoms with van der Waals surface area (Å²) in [4.78, 5) is 0. The maximum absolute atomic E-state index is 10.3. The van der Waals surface area contributed by atoms with Gasteiger partial charge in [0, 0.05) is 0 Å². The topological polar surface area (TPSA) is 49.4 Å². The maximum atomic E-state index is 10.3. The van der Waals surface area contributed by atoms with Crippen LogP contribution in [0.15, 0.2) is 24.3 Å². The van der Waals surface area contributed by atoms with Gasteiger partial charge < -0.3 is 8.74 Å². The molecule has 0 saturated carbocycles. The SMILES string of the molecule is CCCCCCCCc1ccc(OS(=O)[O-])cc1. The number of rotatable bonds is 9. The summed E-state index contributed by atoms with van der Waals surface area (Å²) in [6, 6.07) is 7.24. The minimum atomic E-state index is -2.48. The van der Waals surface area contributed by atoms with Crippen molar-refractivity contribution in [1.82, 2.24) is 0 Å². The molecule has 0 spiro atoms. The van der Waals surface area contributed by atoms with E-state index in [0.717, 1.165) is 6.42 Å². The van der Waals surface area contributed by atoms with Crippen LogP contribution in [0.2, 0.25) is 0 Å². The molecule has 102 valence electrons. The zero-order valence-corrected chi connectivity index (χ0v) is 11.7. The lowest BCUT2D eigenvalue weighted by atomic mass is 10.1. The molecule has 1 atom stereocenters. The number of hydrogen-bond acceptors (Lipinski definition) is 3. The van der Waals surface area contributed by atoms with Gasteiger partial charge in [0.1, 0.15) is 17.1 Å². The molecular formula is C14H21O3S-. The van der Waals surface area contributed by atoms with Crippen LogP contribution >= 0.6 is 0 Å². The zero-order chi connectivity index (χ0) is 13.2. The molecule has 0 amide bonds. The lowest BCUT2D eigenvalue weighted by Crippen LogP contribution is -1.97. The van der Waals surface area contributed by atoms with Crippen molar-refractivity contribution in [1.29, 1.82) is 0 Å². The summed E-state index contributed by atoms with van der Waals surface area (Å²) in [6.45, 7) is 2.22. The highest BCUT2D eigenvalue weighted by molar-refractivity contribution is 7.74. The number of aryl methyl sites for hydroxylation is 1. The Morgan fingerprint density at radius 1 is 1.06 bits per heavy atom. The summed E-state index contributed by atoms with van der Waals surface area (Å²) in [5.41, 5.74) is 1.23. The fourth-order valence-corrected chi connectivity index (χ4v) is 2.17. The lowest BCUT2D eigenvalue weighted by Gasteiger charge is -2.07. The molecule has 1 rings (SSSR count). The Kier molecular flexibility index (Phi) is 7.69. The van der Waals surface area contributed by atoms with Gasteiger partial charge in [0.25, 0.3) is 0 Å². The van der Waals surface area contributed by atoms with Crippen LogP contribution in [0.1, 0.15) is 51.0 Å². The molecule has 0 aliphatic carbocycles. The highest BCUT2D eigenvalue weighted by atomic mass is 32.2. The molecule has 1 aromatic carbocycles. The minimum Gasteiger partial charge on any atom is -0.740 e. The predicted octanol–water partition coefficient (Wildman–Crippen LogP) is 3.76. The fraction of sp³-hybridized carbons (Fsp3) is 0.571. The van der Waals surface area contributed by atoms with Crippen LogP contribution in [0.4, 0.5) is 0 Å². The first-order valence-electron chi connectivity index (χ1n) is 6.59. The quantitative estimate of drug-likeness (QED) is 0.506. The Balaban J connectivity index is 2.20. The standard InChI is InChI=1S/C14H22O3S/c1-2-3-4-5-6-7-8-13-9-11-14(12-10-13)17-18(15)16/h9-12H,2-8H2,1H3,(H,15,16)/p-1. The van der Waals surface area contributed by atoms with E-state index in [0.29, 0.717) is 5.75 Å². The summed E-state index contributed by atoms with van der Waals surface area (Å²) in [5.74, 6) is 0.370. The zero-order valence-electron chi connectivity index (χ0n) is 10.9. The molecule has 0 aromatic heterocycles. The van der Waals surface area contributed by atoms with Gasteiger partial charge in [0.2, 0.25) is 0 Å². The third-order valence-corrected chi connectivity index (χ3v) is 3.24. The molecule has 0 aliphatic heterocycles. The van der Waals surface area contributed by atoms with E-state index in [2.05, 4.69) is 11.1 Å². The summed E-state index contributed by atoms with van der Waals surface area (Å²) in [6.07, 6.45) is 8.76. The second-order valence-corrected chi connectivity index (χ2v) is 5.02. The minimum absolute atomic E-state index is 0.370. The molecule has 0 saturated heterocycles. The van der Waals surface area contributed by atoms with Crippen LogP contribution < -0.4 is 4.18 Å². The Morgan fingerprint density at radius 3 is 2.28 bits per heavy atom. The third kappa shape index (κ3) is 6.77. The Labute approximate surface area is 112 Å². The van der Waals surface area contributed by atoms with Crippen LogP contribution in [0, 0.1) is 0 Å². The van der Waals surface area contributed by atoms with Gasteiger partial charge in [-0.1, -0.05) is 51.2 Å². The summed E-state index contributed by atoms with van der Waals surface area (Å²) in [7, 11) is 0. The average Bonchev–Trinajstić information content (AvgIpc) is 2.35. The van der Waals surface area contributed by atoms with E-state index in [4.69, 9.17) is 0 Å². The molecule has 0 fully saturated rings. The molecule has 0 bridgehead atoms. The van der Waals surface area contributed by atoms with E-state index in [1.165, 1.54) is 44.1 Å². The van der Waals surface area contributed by atoms with Gasteiger partial charge >= 0.3 is 0 Å². The lowest BCUT2D eigenvalue weighted by molar-refractivity contribution is 0.440. The second-order valence-electron chi connectivity index (χ2n) is 4.45. The fourth-order valence-electron chi connectivity index (χ4n) is 1.90. The first kappa shape index (κ1) is 15.2. The monoisotopic (exact) mass is 269 g/mol. The van der Waals surface area contributed by atoms with Gasteiger partial charge in [-0.05, 0) is 30.5 Å². The Morgan fingerprint density at radius 2 is 1.67 bits per heavy atom.